The molecule has 0 aromatic heterocycles. The minimum atomic E-state index is -0.292. The third kappa shape index (κ3) is 4.83. The summed E-state index contributed by atoms with van der Waals surface area (Å²) in [6.07, 6.45) is 1.56. The van der Waals surface area contributed by atoms with E-state index >= 15 is 0 Å². The Morgan fingerprint density at radius 3 is 2.19 bits per heavy atom. The lowest BCUT2D eigenvalue weighted by Crippen LogP contribution is -2.45. The van der Waals surface area contributed by atoms with Crippen molar-refractivity contribution in [3.8, 4) is 0 Å². The lowest BCUT2D eigenvalue weighted by atomic mass is 9.74. The second-order valence-electron chi connectivity index (χ2n) is 6.42. The molecule has 2 aromatic carbocycles. The maximum atomic E-state index is 13.3. The average molecular weight is 377 g/mol. The van der Waals surface area contributed by atoms with Gasteiger partial charge in [-0.25, -0.2) is 8.78 Å². The fourth-order valence-electron chi connectivity index (χ4n) is 3.13. The molecule has 1 heterocycles. The third-order valence-corrected chi connectivity index (χ3v) is 5.73. The zero-order valence-electron chi connectivity index (χ0n) is 14.3. The summed E-state index contributed by atoms with van der Waals surface area (Å²) in [7, 11) is 0. The van der Waals surface area contributed by atoms with Crippen molar-refractivity contribution in [2.45, 2.75) is 23.2 Å². The van der Waals surface area contributed by atoms with Gasteiger partial charge in [0.1, 0.15) is 11.6 Å². The molecule has 0 atom stereocenters. The second kappa shape index (κ2) is 8.64. The summed E-state index contributed by atoms with van der Waals surface area (Å²) in [6.45, 7) is 1.74. The molecule has 0 spiro atoms. The van der Waals surface area contributed by atoms with E-state index in [1.165, 1.54) is 36.0 Å². The van der Waals surface area contributed by atoms with Gasteiger partial charge in [0.05, 0.1) is 5.75 Å². The molecule has 6 heteroatoms. The Labute approximate surface area is 156 Å². The van der Waals surface area contributed by atoms with E-state index in [0.29, 0.717) is 19.8 Å². The van der Waals surface area contributed by atoms with Gasteiger partial charge >= 0.3 is 0 Å². The van der Waals surface area contributed by atoms with Gasteiger partial charge < -0.3 is 10.1 Å². The molecule has 1 aliphatic heterocycles. The van der Waals surface area contributed by atoms with Gasteiger partial charge in [-0.05, 0) is 54.8 Å². The molecule has 1 saturated heterocycles. The molecule has 0 radical (unpaired) electrons. The summed E-state index contributed by atoms with van der Waals surface area (Å²) in [5.41, 5.74) is 0.788. The lowest BCUT2D eigenvalue weighted by Gasteiger charge is -2.38. The van der Waals surface area contributed by atoms with Crippen molar-refractivity contribution in [1.82, 2.24) is 5.32 Å². The van der Waals surface area contributed by atoms with Crippen LogP contribution in [0.4, 0.5) is 8.78 Å². The number of halogens is 2. The Hall–Kier alpha value is -1.92. The van der Waals surface area contributed by atoms with Crippen LogP contribution in [-0.4, -0.2) is 31.4 Å². The molecule has 1 amide bonds. The van der Waals surface area contributed by atoms with Crippen molar-refractivity contribution < 1.29 is 18.3 Å². The van der Waals surface area contributed by atoms with E-state index in [9.17, 15) is 13.6 Å². The number of carbonyl (C=O) groups is 1. The summed E-state index contributed by atoms with van der Waals surface area (Å²) in [5.74, 6) is -0.371. The normalized spacial score (nSPS) is 16.2. The Kier molecular flexibility index (Phi) is 6.27. The number of hydrogen-bond donors (Lipinski definition) is 1. The fraction of sp³-hybridized carbons (Fsp3) is 0.350. The van der Waals surface area contributed by atoms with E-state index in [1.54, 1.807) is 24.3 Å². The Balaban J connectivity index is 1.59. The van der Waals surface area contributed by atoms with Gasteiger partial charge in [-0.3, -0.25) is 4.79 Å². The van der Waals surface area contributed by atoms with Gasteiger partial charge in [0.15, 0.2) is 0 Å². The first-order valence-electron chi connectivity index (χ1n) is 8.56. The van der Waals surface area contributed by atoms with Gasteiger partial charge in [-0.1, -0.05) is 12.1 Å². The summed E-state index contributed by atoms with van der Waals surface area (Å²) in [6, 6.07) is 12.6. The number of amides is 1. The Bertz CT molecular complexity index is 728. The van der Waals surface area contributed by atoms with Crippen LogP contribution in [0, 0.1) is 11.6 Å². The second-order valence-corrected chi connectivity index (χ2v) is 7.47. The average Bonchev–Trinajstić information content (AvgIpc) is 2.67. The smallest absolute Gasteiger partial charge is 0.230 e. The minimum Gasteiger partial charge on any atom is -0.381 e. The molecule has 1 fully saturated rings. The highest BCUT2D eigenvalue weighted by Gasteiger charge is 2.34. The van der Waals surface area contributed by atoms with Gasteiger partial charge in [0.25, 0.3) is 0 Å². The molecule has 138 valence electrons. The van der Waals surface area contributed by atoms with Crippen LogP contribution >= 0.6 is 11.8 Å². The quantitative estimate of drug-likeness (QED) is 0.776. The molecule has 26 heavy (non-hydrogen) atoms. The molecular weight excluding hydrogens is 356 g/mol. The van der Waals surface area contributed by atoms with Crippen molar-refractivity contribution in [1.29, 1.82) is 0 Å². The van der Waals surface area contributed by atoms with Crippen LogP contribution < -0.4 is 5.32 Å². The SMILES string of the molecule is O=C(CSc1ccc(F)cc1)NCC1(c2ccc(F)cc2)CCOCC1. The number of hydrogen-bond acceptors (Lipinski definition) is 3. The minimum absolute atomic E-state index is 0.0766. The largest absolute Gasteiger partial charge is 0.381 e. The number of benzene rings is 2. The molecule has 3 nitrogen and oxygen atoms in total. The standard InChI is InChI=1S/C20H21F2NO2S/c21-16-3-1-15(2-4-16)20(9-11-25-12-10-20)14-23-19(24)13-26-18-7-5-17(22)6-8-18/h1-8H,9-14H2,(H,23,24). The van der Waals surface area contributed by atoms with Crippen LogP contribution in [0.1, 0.15) is 18.4 Å². The summed E-state index contributed by atoms with van der Waals surface area (Å²) in [5, 5.41) is 3.00. The maximum Gasteiger partial charge on any atom is 0.230 e. The lowest BCUT2D eigenvalue weighted by molar-refractivity contribution is -0.119. The first kappa shape index (κ1) is 18.9. The predicted octanol–water partition coefficient (Wildman–Crippen LogP) is 3.92. The monoisotopic (exact) mass is 377 g/mol. The number of thioether (sulfide) groups is 1. The van der Waals surface area contributed by atoms with E-state index in [4.69, 9.17) is 4.74 Å². The van der Waals surface area contributed by atoms with Crippen LogP contribution in [0.2, 0.25) is 0 Å². The van der Waals surface area contributed by atoms with Crippen LogP contribution in [0.3, 0.4) is 0 Å². The highest BCUT2D eigenvalue weighted by atomic mass is 32.2. The number of nitrogens with one attached hydrogen (secondary N) is 1. The van der Waals surface area contributed by atoms with E-state index in [-0.39, 0.29) is 28.7 Å². The Morgan fingerprint density at radius 1 is 1.00 bits per heavy atom. The third-order valence-electron chi connectivity index (χ3n) is 4.71. The van der Waals surface area contributed by atoms with E-state index in [1.807, 2.05) is 0 Å². The molecule has 0 bridgehead atoms. The Morgan fingerprint density at radius 2 is 1.58 bits per heavy atom. The maximum absolute atomic E-state index is 13.3. The first-order chi connectivity index (χ1) is 12.6. The molecule has 0 saturated carbocycles. The predicted molar refractivity (Wildman–Crippen MR) is 98.3 cm³/mol. The number of carbonyl (C=O) groups excluding carboxylic acids is 1. The van der Waals surface area contributed by atoms with Gasteiger partial charge in [-0.2, -0.15) is 0 Å². The molecule has 3 rings (SSSR count). The zero-order chi connectivity index (χ0) is 18.4. The highest BCUT2D eigenvalue weighted by Crippen LogP contribution is 2.34. The van der Waals surface area contributed by atoms with Crippen molar-refractivity contribution in [2.75, 3.05) is 25.5 Å². The van der Waals surface area contributed by atoms with Crippen molar-refractivity contribution in [3.63, 3.8) is 0 Å². The van der Waals surface area contributed by atoms with E-state index in [0.717, 1.165) is 23.3 Å². The van der Waals surface area contributed by atoms with Crippen molar-refractivity contribution in [2.24, 2.45) is 0 Å². The van der Waals surface area contributed by atoms with Gasteiger partial charge in [0, 0.05) is 30.1 Å². The molecule has 0 aliphatic carbocycles. The molecule has 0 unspecified atom stereocenters. The van der Waals surface area contributed by atoms with Crippen molar-refractivity contribution >= 4 is 17.7 Å². The zero-order valence-corrected chi connectivity index (χ0v) is 15.2. The topological polar surface area (TPSA) is 38.3 Å². The molecule has 2 aromatic rings. The number of ether oxygens (including phenoxy) is 1. The van der Waals surface area contributed by atoms with E-state index < -0.39 is 0 Å². The summed E-state index contributed by atoms with van der Waals surface area (Å²) < 4.78 is 31.6. The summed E-state index contributed by atoms with van der Waals surface area (Å²) in [4.78, 5) is 13.1. The molecule has 1 N–H and O–H groups in total. The van der Waals surface area contributed by atoms with Crippen LogP contribution in [0.15, 0.2) is 53.4 Å². The van der Waals surface area contributed by atoms with Crippen LogP contribution in [-0.2, 0) is 14.9 Å². The highest BCUT2D eigenvalue weighted by molar-refractivity contribution is 8.00. The number of rotatable bonds is 6. The van der Waals surface area contributed by atoms with Crippen LogP contribution in [0.5, 0.6) is 0 Å². The fourth-order valence-corrected chi connectivity index (χ4v) is 3.86. The first-order valence-corrected chi connectivity index (χ1v) is 9.55. The van der Waals surface area contributed by atoms with Gasteiger partial charge in [-0.15, -0.1) is 11.8 Å². The molecule has 1 aliphatic rings. The van der Waals surface area contributed by atoms with E-state index in [2.05, 4.69) is 5.32 Å². The summed E-state index contributed by atoms with van der Waals surface area (Å²) >= 11 is 1.37. The van der Waals surface area contributed by atoms with Crippen molar-refractivity contribution in [3.05, 3.63) is 65.7 Å². The van der Waals surface area contributed by atoms with Crippen LogP contribution in [0.25, 0.3) is 0 Å². The van der Waals surface area contributed by atoms with Gasteiger partial charge in [0.2, 0.25) is 5.91 Å². The molecular formula is C20H21F2NO2S.